The van der Waals surface area contributed by atoms with E-state index >= 15 is 0 Å². The normalized spacial score (nSPS) is 16.4. The molecule has 0 atom stereocenters. The number of aliphatic imine (C=N–C) groups is 2. The van der Waals surface area contributed by atoms with E-state index in [1.54, 1.807) is 0 Å². The summed E-state index contributed by atoms with van der Waals surface area (Å²) in [5.41, 5.74) is 6.73. The molecule has 1 aromatic rings. The Balaban J connectivity index is 1.51. The van der Waals surface area contributed by atoms with Crippen LogP contribution in [0.4, 0.5) is 0 Å². The minimum Gasteiger partial charge on any atom is -0.454 e. The standard InChI is InChI=1S/C12H15N5O2/c13-11-15-6-16-12(17-11)14-4-3-8-1-2-9-10(5-8)19-7-18-9/h1-2,5H,3-4,6-7H2,(H4,13,14,15,16,17). The molecule has 4 N–H and O–H groups in total. The van der Waals surface area contributed by atoms with E-state index in [1.807, 2.05) is 18.2 Å². The minimum absolute atomic E-state index is 0.302. The molecule has 3 rings (SSSR count). The summed E-state index contributed by atoms with van der Waals surface area (Å²) in [6.45, 7) is 1.42. The number of nitrogens with zero attached hydrogens (tertiary/aromatic N) is 2. The quantitative estimate of drug-likeness (QED) is 0.699. The van der Waals surface area contributed by atoms with Crippen LogP contribution in [0.25, 0.3) is 0 Å². The number of hydrogen-bond acceptors (Lipinski definition) is 7. The fourth-order valence-corrected chi connectivity index (χ4v) is 1.90. The molecule has 0 aliphatic carbocycles. The van der Waals surface area contributed by atoms with Gasteiger partial charge in [0, 0.05) is 6.54 Å². The van der Waals surface area contributed by atoms with Crippen LogP contribution < -0.4 is 25.8 Å². The summed E-state index contributed by atoms with van der Waals surface area (Å²) in [4.78, 5) is 8.06. The Morgan fingerprint density at radius 1 is 1.26 bits per heavy atom. The smallest absolute Gasteiger partial charge is 0.231 e. The van der Waals surface area contributed by atoms with E-state index in [0.717, 1.165) is 24.5 Å². The number of benzene rings is 1. The Morgan fingerprint density at radius 3 is 3.05 bits per heavy atom. The van der Waals surface area contributed by atoms with Crippen molar-refractivity contribution >= 4 is 11.9 Å². The predicted octanol–water partition coefficient (Wildman–Crippen LogP) is -0.221. The first kappa shape index (κ1) is 11.6. The Hall–Kier alpha value is -2.44. The van der Waals surface area contributed by atoms with Gasteiger partial charge in [0.25, 0.3) is 0 Å². The number of nitrogens with one attached hydrogen (secondary N) is 2. The van der Waals surface area contributed by atoms with Gasteiger partial charge < -0.3 is 20.5 Å². The lowest BCUT2D eigenvalue weighted by Crippen LogP contribution is -2.47. The van der Waals surface area contributed by atoms with Crippen LogP contribution in [0.3, 0.4) is 0 Å². The van der Waals surface area contributed by atoms with Crippen molar-refractivity contribution in [2.24, 2.45) is 15.7 Å². The van der Waals surface area contributed by atoms with Crippen molar-refractivity contribution in [1.29, 1.82) is 0 Å². The van der Waals surface area contributed by atoms with Gasteiger partial charge in [-0.25, -0.2) is 9.98 Å². The molecule has 0 bridgehead atoms. The molecule has 2 aliphatic rings. The Morgan fingerprint density at radius 2 is 2.16 bits per heavy atom. The Bertz CT molecular complexity index is 541. The molecule has 0 radical (unpaired) electrons. The van der Waals surface area contributed by atoms with Crippen molar-refractivity contribution in [2.45, 2.75) is 6.42 Å². The summed E-state index contributed by atoms with van der Waals surface area (Å²) in [6.07, 6.45) is 0.856. The van der Waals surface area contributed by atoms with Crippen LogP contribution in [0, 0.1) is 0 Å². The molecule has 7 heteroatoms. The van der Waals surface area contributed by atoms with Gasteiger partial charge in [0.15, 0.2) is 23.4 Å². The van der Waals surface area contributed by atoms with Crippen LogP contribution in [0.2, 0.25) is 0 Å². The van der Waals surface area contributed by atoms with Gasteiger partial charge >= 0.3 is 0 Å². The van der Waals surface area contributed by atoms with Crippen molar-refractivity contribution in [3.63, 3.8) is 0 Å². The first-order chi connectivity index (χ1) is 9.31. The maximum atomic E-state index is 5.56. The van der Waals surface area contributed by atoms with E-state index in [1.165, 1.54) is 5.56 Å². The van der Waals surface area contributed by atoms with Gasteiger partial charge in [0.2, 0.25) is 6.79 Å². The van der Waals surface area contributed by atoms with Crippen LogP contribution >= 0.6 is 0 Å². The highest BCUT2D eigenvalue weighted by atomic mass is 16.7. The van der Waals surface area contributed by atoms with E-state index < -0.39 is 0 Å². The Kier molecular flexibility index (Phi) is 3.09. The van der Waals surface area contributed by atoms with Crippen LogP contribution in [0.15, 0.2) is 28.2 Å². The molecule has 0 fully saturated rings. The summed E-state index contributed by atoms with van der Waals surface area (Å²) < 4.78 is 10.6. The molecule has 0 amide bonds. The average Bonchev–Trinajstić information content (AvgIpc) is 2.86. The maximum absolute atomic E-state index is 5.56. The molecule has 0 aromatic heterocycles. The summed E-state index contributed by atoms with van der Waals surface area (Å²) in [5, 5.41) is 6.04. The van der Waals surface area contributed by atoms with Gasteiger partial charge in [0.1, 0.15) is 6.67 Å². The molecule has 7 nitrogen and oxygen atoms in total. The molecule has 100 valence electrons. The van der Waals surface area contributed by atoms with Crippen LogP contribution in [-0.2, 0) is 6.42 Å². The van der Waals surface area contributed by atoms with Crippen molar-refractivity contribution < 1.29 is 9.47 Å². The van der Waals surface area contributed by atoms with Crippen molar-refractivity contribution in [3.05, 3.63) is 23.8 Å². The van der Waals surface area contributed by atoms with E-state index in [0.29, 0.717) is 25.4 Å². The number of nitrogens with two attached hydrogens (primary N) is 1. The molecule has 2 heterocycles. The number of fused-ring (bicyclic) bond motifs is 1. The monoisotopic (exact) mass is 261 g/mol. The van der Waals surface area contributed by atoms with E-state index in [9.17, 15) is 0 Å². The second kappa shape index (κ2) is 5.05. The average molecular weight is 261 g/mol. The van der Waals surface area contributed by atoms with Gasteiger partial charge in [-0.1, -0.05) is 6.07 Å². The molecule has 1 aromatic carbocycles. The second-order valence-electron chi connectivity index (χ2n) is 4.18. The summed E-state index contributed by atoms with van der Waals surface area (Å²) in [6, 6.07) is 5.95. The molecule has 0 saturated carbocycles. The van der Waals surface area contributed by atoms with Crippen molar-refractivity contribution in [1.82, 2.24) is 10.6 Å². The van der Waals surface area contributed by atoms with Crippen molar-refractivity contribution in [2.75, 3.05) is 20.0 Å². The maximum Gasteiger partial charge on any atom is 0.231 e. The third-order valence-electron chi connectivity index (χ3n) is 2.86. The lowest BCUT2D eigenvalue weighted by atomic mass is 10.1. The molecule has 2 aliphatic heterocycles. The zero-order valence-electron chi connectivity index (χ0n) is 10.3. The molecule has 0 saturated heterocycles. The minimum atomic E-state index is 0.302. The molecule has 0 spiro atoms. The first-order valence-corrected chi connectivity index (χ1v) is 6.05. The zero-order valence-corrected chi connectivity index (χ0v) is 10.3. The second-order valence-corrected chi connectivity index (χ2v) is 4.18. The SMILES string of the molecule is NC1=NCN=C(NCCc2ccc3c(c2)OCO3)N1. The van der Waals surface area contributed by atoms with Gasteiger partial charge in [0.05, 0.1) is 0 Å². The largest absolute Gasteiger partial charge is 0.454 e. The van der Waals surface area contributed by atoms with E-state index in [2.05, 4.69) is 20.6 Å². The highest BCUT2D eigenvalue weighted by Crippen LogP contribution is 2.32. The van der Waals surface area contributed by atoms with Gasteiger partial charge in [-0.3, -0.25) is 5.32 Å². The zero-order chi connectivity index (χ0) is 13.1. The van der Waals surface area contributed by atoms with Crippen molar-refractivity contribution in [3.8, 4) is 11.5 Å². The van der Waals surface area contributed by atoms with Gasteiger partial charge in [-0.2, -0.15) is 0 Å². The predicted molar refractivity (Wildman–Crippen MR) is 71.3 cm³/mol. The number of hydrogen-bond donors (Lipinski definition) is 3. The van der Waals surface area contributed by atoms with E-state index in [4.69, 9.17) is 15.2 Å². The molecule has 0 unspecified atom stereocenters. The van der Waals surface area contributed by atoms with Crippen LogP contribution in [-0.4, -0.2) is 31.9 Å². The lowest BCUT2D eigenvalue weighted by molar-refractivity contribution is 0.174. The number of ether oxygens (including phenoxy) is 2. The summed E-state index contributed by atoms with van der Waals surface area (Å²) in [5.74, 6) is 2.66. The van der Waals surface area contributed by atoms with Gasteiger partial charge in [-0.15, -0.1) is 0 Å². The molecular weight excluding hydrogens is 246 g/mol. The fourth-order valence-electron chi connectivity index (χ4n) is 1.90. The molecule has 19 heavy (non-hydrogen) atoms. The third kappa shape index (κ3) is 2.70. The Labute approximate surface area is 110 Å². The topological polar surface area (TPSA) is 93.3 Å². The number of rotatable bonds is 3. The molecular formula is C12H15N5O2. The lowest BCUT2D eigenvalue weighted by Gasteiger charge is -2.14. The highest BCUT2D eigenvalue weighted by molar-refractivity contribution is 5.98. The van der Waals surface area contributed by atoms with Crippen LogP contribution in [0.1, 0.15) is 5.56 Å². The fraction of sp³-hybridized carbons (Fsp3) is 0.333. The number of guanidine groups is 2. The van der Waals surface area contributed by atoms with Gasteiger partial charge in [-0.05, 0) is 24.1 Å². The van der Waals surface area contributed by atoms with Crippen LogP contribution in [0.5, 0.6) is 11.5 Å². The summed E-state index contributed by atoms with van der Waals surface area (Å²) in [7, 11) is 0. The third-order valence-corrected chi connectivity index (χ3v) is 2.86. The van der Waals surface area contributed by atoms with E-state index in [-0.39, 0.29) is 0 Å². The first-order valence-electron chi connectivity index (χ1n) is 6.05. The highest BCUT2D eigenvalue weighted by Gasteiger charge is 2.13. The summed E-state index contributed by atoms with van der Waals surface area (Å²) >= 11 is 0.